The Kier molecular flexibility index (Phi) is 6.65. The van der Waals surface area contributed by atoms with Crippen LogP contribution >= 0.6 is 0 Å². The molecule has 0 bridgehead atoms. The maximum Gasteiger partial charge on any atom is 0.304 e. The Bertz CT molecular complexity index is 212. The van der Waals surface area contributed by atoms with E-state index >= 15 is 0 Å². The van der Waals surface area contributed by atoms with Crippen molar-refractivity contribution in [2.75, 3.05) is 0 Å². The monoisotopic (exact) mass is 229 g/mol. The summed E-state index contributed by atoms with van der Waals surface area (Å²) in [6.45, 7) is 8.80. The van der Waals surface area contributed by atoms with Gasteiger partial charge in [0.15, 0.2) is 0 Å². The van der Waals surface area contributed by atoms with Crippen molar-refractivity contribution in [3.05, 3.63) is 0 Å². The molecule has 0 radical (unpaired) electrons. The molecule has 0 saturated heterocycles. The lowest BCUT2D eigenvalue weighted by molar-refractivity contribution is -0.137. The Hall–Kier alpha value is -0.570. The fourth-order valence-electron chi connectivity index (χ4n) is 2.10. The summed E-state index contributed by atoms with van der Waals surface area (Å²) >= 11 is 0. The number of carboxylic acids is 1. The average Bonchev–Trinajstić information content (AvgIpc) is 1.98. The van der Waals surface area contributed by atoms with Gasteiger partial charge in [0.1, 0.15) is 0 Å². The minimum Gasteiger partial charge on any atom is -0.481 e. The molecule has 3 N–H and O–H groups in total. The molecule has 0 saturated carbocycles. The molecule has 96 valence electrons. The summed E-state index contributed by atoms with van der Waals surface area (Å²) in [4.78, 5) is 10.5. The maximum atomic E-state index is 10.5. The predicted molar refractivity (Wildman–Crippen MR) is 67.3 cm³/mol. The summed E-state index contributed by atoms with van der Waals surface area (Å²) in [6, 6.07) is -0.216. The largest absolute Gasteiger partial charge is 0.481 e. The minimum absolute atomic E-state index is 0.0770. The Balaban J connectivity index is 3.88. The Morgan fingerprint density at radius 3 is 2.38 bits per heavy atom. The second-order valence-electron chi connectivity index (χ2n) is 6.01. The van der Waals surface area contributed by atoms with E-state index in [9.17, 15) is 4.79 Å². The highest BCUT2D eigenvalue weighted by molar-refractivity contribution is 5.67. The van der Waals surface area contributed by atoms with Gasteiger partial charge in [0.25, 0.3) is 0 Å². The summed E-state index contributed by atoms with van der Waals surface area (Å²) in [5.74, 6) is -0.0611. The van der Waals surface area contributed by atoms with Gasteiger partial charge >= 0.3 is 5.97 Å². The van der Waals surface area contributed by atoms with Crippen molar-refractivity contribution in [1.29, 1.82) is 0 Å². The highest BCUT2D eigenvalue weighted by Gasteiger charge is 2.22. The molecule has 16 heavy (non-hydrogen) atoms. The molecule has 0 aliphatic heterocycles. The molecule has 0 rings (SSSR count). The van der Waals surface area contributed by atoms with Gasteiger partial charge in [0.2, 0.25) is 0 Å². The van der Waals surface area contributed by atoms with E-state index in [0.29, 0.717) is 0 Å². The molecule has 0 aromatic heterocycles. The van der Waals surface area contributed by atoms with Crippen molar-refractivity contribution in [2.24, 2.45) is 17.1 Å². The molecule has 0 aliphatic rings. The van der Waals surface area contributed by atoms with Crippen LogP contribution in [0.2, 0.25) is 0 Å². The van der Waals surface area contributed by atoms with Crippen molar-refractivity contribution < 1.29 is 9.90 Å². The van der Waals surface area contributed by atoms with E-state index in [1.165, 1.54) is 12.8 Å². The third-order valence-electron chi connectivity index (χ3n) is 2.89. The quantitative estimate of drug-likeness (QED) is 0.672. The van der Waals surface area contributed by atoms with Gasteiger partial charge in [-0.2, -0.15) is 0 Å². The first-order valence-electron chi connectivity index (χ1n) is 6.20. The molecular weight excluding hydrogens is 202 g/mol. The third kappa shape index (κ3) is 8.72. The number of hydrogen-bond donors (Lipinski definition) is 2. The van der Waals surface area contributed by atoms with E-state index in [1.54, 1.807) is 0 Å². The molecule has 0 amide bonds. The van der Waals surface area contributed by atoms with E-state index in [1.807, 2.05) is 0 Å². The summed E-state index contributed by atoms with van der Waals surface area (Å²) in [5, 5.41) is 8.65. The molecule has 3 heteroatoms. The van der Waals surface area contributed by atoms with Crippen molar-refractivity contribution in [3.8, 4) is 0 Å². The van der Waals surface area contributed by atoms with Crippen LogP contribution < -0.4 is 5.73 Å². The first-order chi connectivity index (χ1) is 7.23. The SMILES string of the molecule is CC(C)CCCC(C)(C)CC(N)CC(=O)O. The summed E-state index contributed by atoms with van der Waals surface area (Å²) in [7, 11) is 0. The highest BCUT2D eigenvalue weighted by Crippen LogP contribution is 2.29. The van der Waals surface area contributed by atoms with Crippen LogP contribution in [-0.2, 0) is 4.79 Å². The second kappa shape index (κ2) is 6.89. The zero-order valence-electron chi connectivity index (χ0n) is 11.1. The van der Waals surface area contributed by atoms with Crippen molar-refractivity contribution in [1.82, 2.24) is 0 Å². The summed E-state index contributed by atoms with van der Waals surface area (Å²) in [5.41, 5.74) is 5.97. The fourth-order valence-corrected chi connectivity index (χ4v) is 2.10. The zero-order valence-corrected chi connectivity index (χ0v) is 11.1. The molecule has 0 aromatic rings. The number of nitrogens with two attached hydrogens (primary N) is 1. The highest BCUT2D eigenvalue weighted by atomic mass is 16.4. The predicted octanol–water partition coefficient (Wildman–Crippen LogP) is 3.03. The number of rotatable bonds is 8. The van der Waals surface area contributed by atoms with Crippen LogP contribution in [0, 0.1) is 11.3 Å². The van der Waals surface area contributed by atoms with Crippen LogP contribution in [0.3, 0.4) is 0 Å². The maximum absolute atomic E-state index is 10.5. The van der Waals surface area contributed by atoms with Crippen LogP contribution in [0.25, 0.3) is 0 Å². The number of carbonyl (C=O) groups is 1. The Morgan fingerprint density at radius 2 is 1.94 bits per heavy atom. The van der Waals surface area contributed by atoms with Gasteiger partial charge in [0, 0.05) is 6.04 Å². The molecule has 1 atom stereocenters. The number of carboxylic acid groups (broad SMARTS) is 1. The van der Waals surface area contributed by atoms with Crippen LogP contribution in [0.4, 0.5) is 0 Å². The van der Waals surface area contributed by atoms with Crippen LogP contribution in [-0.4, -0.2) is 17.1 Å². The fraction of sp³-hybridized carbons (Fsp3) is 0.923. The third-order valence-corrected chi connectivity index (χ3v) is 2.89. The second-order valence-corrected chi connectivity index (χ2v) is 6.01. The lowest BCUT2D eigenvalue weighted by Crippen LogP contribution is -2.30. The van der Waals surface area contributed by atoms with Crippen molar-refractivity contribution in [2.45, 2.75) is 65.8 Å². The van der Waals surface area contributed by atoms with E-state index in [0.717, 1.165) is 18.8 Å². The topological polar surface area (TPSA) is 63.3 Å². The molecular formula is C13H27NO2. The Labute approximate surface area is 99.4 Å². The minimum atomic E-state index is -0.800. The summed E-state index contributed by atoms with van der Waals surface area (Å²) in [6.07, 6.45) is 4.42. The Morgan fingerprint density at radius 1 is 1.38 bits per heavy atom. The lowest BCUT2D eigenvalue weighted by Gasteiger charge is -2.27. The lowest BCUT2D eigenvalue weighted by atomic mass is 9.80. The molecule has 1 unspecified atom stereocenters. The van der Waals surface area contributed by atoms with Gasteiger partial charge in [-0.1, -0.05) is 40.5 Å². The molecule has 0 fully saturated rings. The van der Waals surface area contributed by atoms with E-state index in [4.69, 9.17) is 10.8 Å². The van der Waals surface area contributed by atoms with Crippen molar-refractivity contribution in [3.63, 3.8) is 0 Å². The standard InChI is InChI=1S/C13H27NO2/c1-10(2)6-5-7-13(3,4)9-11(14)8-12(15)16/h10-11H,5-9,14H2,1-4H3,(H,15,16). The van der Waals surface area contributed by atoms with Gasteiger partial charge in [-0.25, -0.2) is 0 Å². The van der Waals surface area contributed by atoms with Crippen LogP contribution in [0.1, 0.15) is 59.8 Å². The van der Waals surface area contributed by atoms with Gasteiger partial charge in [-0.15, -0.1) is 0 Å². The van der Waals surface area contributed by atoms with Gasteiger partial charge in [-0.3, -0.25) is 4.79 Å². The van der Waals surface area contributed by atoms with Gasteiger partial charge in [-0.05, 0) is 24.2 Å². The number of aliphatic carboxylic acids is 1. The molecule has 3 nitrogen and oxygen atoms in total. The van der Waals surface area contributed by atoms with Gasteiger partial charge < -0.3 is 10.8 Å². The van der Waals surface area contributed by atoms with Crippen molar-refractivity contribution >= 4 is 5.97 Å². The van der Waals surface area contributed by atoms with E-state index in [-0.39, 0.29) is 17.9 Å². The summed E-state index contributed by atoms with van der Waals surface area (Å²) < 4.78 is 0. The molecule has 0 aliphatic carbocycles. The molecule has 0 heterocycles. The normalized spacial score (nSPS) is 14.1. The van der Waals surface area contributed by atoms with E-state index < -0.39 is 5.97 Å². The average molecular weight is 229 g/mol. The van der Waals surface area contributed by atoms with Gasteiger partial charge in [0.05, 0.1) is 6.42 Å². The molecule has 0 aromatic carbocycles. The first kappa shape index (κ1) is 15.4. The van der Waals surface area contributed by atoms with E-state index in [2.05, 4.69) is 27.7 Å². The smallest absolute Gasteiger partial charge is 0.304 e. The first-order valence-corrected chi connectivity index (χ1v) is 6.20. The zero-order chi connectivity index (χ0) is 12.8. The van der Waals surface area contributed by atoms with Crippen LogP contribution in [0.5, 0.6) is 0 Å². The molecule has 0 spiro atoms. The van der Waals surface area contributed by atoms with Crippen LogP contribution in [0.15, 0.2) is 0 Å². The number of hydrogen-bond acceptors (Lipinski definition) is 2.